The summed E-state index contributed by atoms with van der Waals surface area (Å²) in [6.07, 6.45) is 4.00. The maximum absolute atomic E-state index is 13.4. The summed E-state index contributed by atoms with van der Waals surface area (Å²) < 4.78 is 6.67. The molecule has 0 N–H and O–H groups in total. The minimum atomic E-state index is -0.706. The number of nitrogens with zero attached hydrogens (tertiary/aromatic N) is 4. The molecule has 1 aromatic carbocycles. The van der Waals surface area contributed by atoms with Gasteiger partial charge in [0.2, 0.25) is 0 Å². The molecule has 0 saturated heterocycles. The van der Waals surface area contributed by atoms with Crippen LogP contribution in [0.2, 0.25) is 0 Å². The van der Waals surface area contributed by atoms with Crippen LogP contribution in [-0.2, 0) is 4.74 Å². The van der Waals surface area contributed by atoms with Crippen LogP contribution in [0.4, 0.5) is 4.79 Å². The number of hydrogen-bond donors (Lipinski definition) is 0. The van der Waals surface area contributed by atoms with Gasteiger partial charge in [-0.05, 0) is 59.8 Å². The van der Waals surface area contributed by atoms with E-state index < -0.39 is 11.7 Å². The molecule has 0 unspecified atom stereocenters. The number of hydrogen-bond acceptors (Lipinski definition) is 5. The molecule has 1 heterocycles. The highest BCUT2D eigenvalue weighted by molar-refractivity contribution is 6.03. The summed E-state index contributed by atoms with van der Waals surface area (Å²) in [6.45, 7) is 14.1. The van der Waals surface area contributed by atoms with Crippen LogP contribution in [-0.4, -0.2) is 27.7 Å². The Morgan fingerprint density at radius 3 is 2.45 bits per heavy atom. The van der Waals surface area contributed by atoms with Gasteiger partial charge in [-0.2, -0.15) is 10.3 Å². The van der Waals surface area contributed by atoms with Gasteiger partial charge in [0, 0.05) is 46.2 Å². The van der Waals surface area contributed by atoms with Crippen LogP contribution < -0.4 is 5.56 Å². The van der Waals surface area contributed by atoms with E-state index in [4.69, 9.17) is 4.74 Å². The molecule has 7 heteroatoms. The molecule has 1 aromatic heterocycles. The van der Waals surface area contributed by atoms with Crippen LogP contribution in [0, 0.1) is 11.3 Å². The van der Waals surface area contributed by atoms with E-state index in [1.54, 1.807) is 84.1 Å². The second-order valence-corrected chi connectivity index (χ2v) is 8.39. The predicted octanol–water partition coefficient (Wildman–Crippen LogP) is 5.60. The predicted molar refractivity (Wildman–Crippen MR) is 133 cm³/mol. The zero-order valence-electron chi connectivity index (χ0n) is 19.8. The van der Waals surface area contributed by atoms with Gasteiger partial charge in [0.25, 0.3) is 5.56 Å². The number of carbonyl (C=O) groups is 1. The van der Waals surface area contributed by atoms with Gasteiger partial charge < -0.3 is 4.74 Å². The van der Waals surface area contributed by atoms with Crippen molar-refractivity contribution in [3.63, 3.8) is 0 Å². The molecule has 170 valence electrons. The Balaban J connectivity index is 2.68. The third-order valence-corrected chi connectivity index (χ3v) is 4.52. The van der Waals surface area contributed by atoms with Gasteiger partial charge in [-0.15, -0.1) is 0 Å². The van der Waals surface area contributed by atoms with Crippen molar-refractivity contribution in [1.29, 1.82) is 5.26 Å². The number of rotatable bonds is 5. The highest BCUT2D eigenvalue weighted by Gasteiger charge is 2.16. The fourth-order valence-corrected chi connectivity index (χ4v) is 3.09. The number of carbonyl (C=O) groups excluding carboxylic acids is 1. The van der Waals surface area contributed by atoms with Crippen molar-refractivity contribution in [1.82, 2.24) is 4.57 Å². The lowest BCUT2D eigenvalue weighted by Gasteiger charge is -2.17. The third-order valence-electron chi connectivity index (χ3n) is 4.52. The van der Waals surface area contributed by atoms with E-state index in [1.807, 2.05) is 0 Å². The molecule has 0 saturated carbocycles. The van der Waals surface area contributed by atoms with Crippen LogP contribution in [0.1, 0.15) is 52.7 Å². The zero-order chi connectivity index (χ0) is 24.8. The van der Waals surface area contributed by atoms with Crippen molar-refractivity contribution in [2.24, 2.45) is 9.98 Å². The van der Waals surface area contributed by atoms with Crippen LogP contribution in [0.25, 0.3) is 16.8 Å². The van der Waals surface area contributed by atoms with E-state index in [2.05, 4.69) is 22.6 Å². The van der Waals surface area contributed by atoms with Gasteiger partial charge in [-0.1, -0.05) is 24.8 Å². The molecular weight excluding hydrogens is 416 g/mol. The van der Waals surface area contributed by atoms with Crippen molar-refractivity contribution in [2.45, 2.75) is 47.1 Å². The molecule has 0 fully saturated rings. The number of pyridine rings is 1. The molecule has 2 aromatic rings. The molecule has 0 spiro atoms. The molecule has 2 rings (SSSR count). The number of aliphatic imine (C=N–C) groups is 2. The zero-order valence-corrected chi connectivity index (χ0v) is 19.8. The highest BCUT2D eigenvalue weighted by Crippen LogP contribution is 2.22. The smallest absolute Gasteiger partial charge is 0.434 e. The summed E-state index contributed by atoms with van der Waals surface area (Å²) in [4.78, 5) is 33.6. The average Bonchev–Trinajstić information content (AvgIpc) is 2.72. The fraction of sp³-hybridized carbons (Fsp3) is 0.269. The van der Waals surface area contributed by atoms with Crippen LogP contribution in [0.3, 0.4) is 0 Å². The van der Waals surface area contributed by atoms with Crippen LogP contribution in [0.15, 0.2) is 70.2 Å². The standard InChI is InChI=1S/C26H28N4O3/c1-8-28-19(4)21-14-23(22-12-10-9-11-20(22)15-27)24(31)30(16-21)18(3)13-17(2)29-25(32)33-26(5,6)7/h8-14,16H,1H2,2-7H3/b18-13+,28-19?,29-17?. The van der Waals surface area contributed by atoms with Gasteiger partial charge in [0.05, 0.1) is 11.6 Å². The van der Waals surface area contributed by atoms with E-state index in [1.165, 1.54) is 10.8 Å². The molecule has 1 amide bonds. The largest absolute Gasteiger partial charge is 0.442 e. The van der Waals surface area contributed by atoms with E-state index >= 15 is 0 Å². The monoisotopic (exact) mass is 444 g/mol. The maximum atomic E-state index is 13.4. The lowest BCUT2D eigenvalue weighted by atomic mass is 9.99. The van der Waals surface area contributed by atoms with Gasteiger partial charge >= 0.3 is 6.09 Å². The van der Waals surface area contributed by atoms with Crippen LogP contribution >= 0.6 is 0 Å². The third kappa shape index (κ3) is 6.71. The van der Waals surface area contributed by atoms with E-state index in [0.29, 0.717) is 39.4 Å². The molecule has 0 bridgehead atoms. The Hall–Kier alpha value is -4.05. The first-order valence-electron chi connectivity index (χ1n) is 10.4. The summed E-state index contributed by atoms with van der Waals surface area (Å²) >= 11 is 0. The fourth-order valence-electron chi connectivity index (χ4n) is 3.09. The number of aromatic nitrogens is 1. The lowest BCUT2D eigenvalue weighted by Crippen LogP contribution is -2.23. The SMILES string of the molecule is C=CN=C(C)c1cc(-c2ccccc2C#N)c(=O)n(/C(C)=C/C(C)=NC(=O)OC(C)(C)C)c1. The number of amides is 1. The normalized spacial score (nSPS) is 12.8. The lowest BCUT2D eigenvalue weighted by molar-refractivity contribution is 0.0604. The van der Waals surface area contributed by atoms with Crippen molar-refractivity contribution in [2.75, 3.05) is 0 Å². The topological polar surface area (TPSA) is 96.8 Å². The molecule has 0 radical (unpaired) electrons. The second kappa shape index (κ2) is 10.5. The quantitative estimate of drug-likeness (QED) is 0.561. The summed E-state index contributed by atoms with van der Waals surface area (Å²) in [5, 5.41) is 9.53. The van der Waals surface area contributed by atoms with Crippen LogP contribution in [0.5, 0.6) is 0 Å². The van der Waals surface area contributed by atoms with Gasteiger partial charge in [0.1, 0.15) is 5.60 Å². The Morgan fingerprint density at radius 2 is 1.85 bits per heavy atom. The van der Waals surface area contributed by atoms with Crippen molar-refractivity contribution in [3.8, 4) is 17.2 Å². The highest BCUT2D eigenvalue weighted by atomic mass is 16.6. The van der Waals surface area contributed by atoms with Gasteiger partial charge in [-0.25, -0.2) is 4.79 Å². The minimum Gasteiger partial charge on any atom is -0.442 e. The first kappa shape index (κ1) is 25.2. The van der Waals surface area contributed by atoms with E-state index in [-0.39, 0.29) is 5.56 Å². The Kier molecular flexibility index (Phi) is 8.03. The van der Waals surface area contributed by atoms with E-state index in [9.17, 15) is 14.9 Å². The first-order chi connectivity index (χ1) is 15.5. The minimum absolute atomic E-state index is 0.313. The van der Waals surface area contributed by atoms with E-state index in [0.717, 1.165) is 0 Å². The number of ether oxygens (including phenoxy) is 1. The summed E-state index contributed by atoms with van der Waals surface area (Å²) in [5.41, 5.74) is 2.57. The molecule has 0 aliphatic rings. The summed E-state index contributed by atoms with van der Waals surface area (Å²) in [6, 6.07) is 10.8. The Morgan fingerprint density at radius 1 is 1.18 bits per heavy atom. The number of benzene rings is 1. The molecule has 0 atom stereocenters. The number of nitriles is 1. The summed E-state index contributed by atoms with van der Waals surface area (Å²) in [5.74, 6) is 0. The van der Waals surface area contributed by atoms with Crippen molar-refractivity contribution >= 4 is 23.2 Å². The average molecular weight is 445 g/mol. The molecule has 0 aliphatic carbocycles. The molecule has 7 nitrogen and oxygen atoms in total. The maximum Gasteiger partial charge on any atom is 0.434 e. The summed E-state index contributed by atoms with van der Waals surface area (Å²) in [7, 11) is 0. The second-order valence-electron chi connectivity index (χ2n) is 8.39. The van der Waals surface area contributed by atoms with Gasteiger partial charge in [-0.3, -0.25) is 14.4 Å². The van der Waals surface area contributed by atoms with Crippen molar-refractivity contribution in [3.05, 3.63) is 76.9 Å². The first-order valence-corrected chi connectivity index (χ1v) is 10.4. The molecule has 33 heavy (non-hydrogen) atoms. The van der Waals surface area contributed by atoms with Gasteiger partial charge in [0.15, 0.2) is 0 Å². The molecule has 0 aliphatic heterocycles. The Labute approximate surface area is 194 Å². The van der Waals surface area contributed by atoms with Crippen molar-refractivity contribution < 1.29 is 9.53 Å². The Bertz CT molecular complexity index is 1270. The molecular formula is C26H28N4O3. The number of allylic oxidation sites excluding steroid dienone is 2.